The van der Waals surface area contributed by atoms with Gasteiger partial charge in [-0.05, 0) is 18.9 Å². The van der Waals surface area contributed by atoms with Crippen LogP contribution in [0.4, 0.5) is 0 Å². The highest BCUT2D eigenvalue weighted by Gasteiger charge is 2.30. The molecule has 1 aromatic rings. The number of aromatic nitrogens is 2. The molecule has 1 unspecified atom stereocenters. The summed E-state index contributed by atoms with van der Waals surface area (Å²) in [5.41, 5.74) is 3.04. The number of fused-ring (bicyclic) bond motifs is 1. The Labute approximate surface area is 69.6 Å². The molecular formula is C8H10N2O2. The average Bonchev–Trinajstić information content (AvgIpc) is 2.53. The van der Waals surface area contributed by atoms with Crippen LogP contribution in [0.3, 0.4) is 0 Å². The minimum Gasteiger partial charge on any atom is -0.481 e. The smallest absolute Gasteiger partial charge is 0.307 e. The van der Waals surface area contributed by atoms with Gasteiger partial charge in [-0.15, -0.1) is 0 Å². The van der Waals surface area contributed by atoms with Gasteiger partial charge in [0.05, 0.1) is 11.6 Å². The summed E-state index contributed by atoms with van der Waals surface area (Å²) in [6, 6.07) is 0. The molecular weight excluding hydrogens is 156 g/mol. The van der Waals surface area contributed by atoms with E-state index in [2.05, 4.69) is 10.2 Å². The van der Waals surface area contributed by atoms with Crippen molar-refractivity contribution in [3.63, 3.8) is 0 Å². The number of hydrogen-bond donors (Lipinski definition) is 2. The normalized spacial score (nSPS) is 20.9. The Hall–Kier alpha value is -1.32. The van der Waals surface area contributed by atoms with E-state index in [1.54, 1.807) is 0 Å². The van der Waals surface area contributed by atoms with Gasteiger partial charge < -0.3 is 5.11 Å². The second-order valence-corrected chi connectivity index (χ2v) is 3.22. The predicted molar refractivity (Wildman–Crippen MR) is 41.9 cm³/mol. The minimum absolute atomic E-state index is 0.254. The predicted octanol–water partition coefficient (Wildman–Crippen LogP) is 0.518. The van der Waals surface area contributed by atoms with E-state index in [0.717, 1.165) is 17.0 Å². The molecule has 1 aliphatic rings. The number of carboxylic acids is 1. The summed E-state index contributed by atoms with van der Waals surface area (Å²) in [4.78, 5) is 10.6. The zero-order chi connectivity index (χ0) is 8.72. The van der Waals surface area contributed by atoms with E-state index in [-0.39, 0.29) is 5.92 Å². The van der Waals surface area contributed by atoms with E-state index in [1.165, 1.54) is 0 Å². The van der Waals surface area contributed by atoms with Crippen LogP contribution >= 0.6 is 0 Å². The Bertz CT molecular complexity index is 330. The fourth-order valence-electron chi connectivity index (χ4n) is 1.67. The summed E-state index contributed by atoms with van der Waals surface area (Å²) >= 11 is 0. The average molecular weight is 166 g/mol. The maximum absolute atomic E-state index is 10.6. The molecule has 4 nitrogen and oxygen atoms in total. The van der Waals surface area contributed by atoms with Gasteiger partial charge in [0.25, 0.3) is 0 Å². The van der Waals surface area contributed by atoms with Crippen molar-refractivity contribution in [3.8, 4) is 0 Å². The van der Waals surface area contributed by atoms with Gasteiger partial charge in [-0.1, -0.05) is 0 Å². The standard InChI is InChI=1S/C8H10N2O2/c1-4-6-2-5(8(11)12)3-7(6)10-9-4/h5H,2-3H2,1H3,(H,9,10)(H,11,12). The molecule has 0 saturated carbocycles. The van der Waals surface area contributed by atoms with Crippen molar-refractivity contribution in [2.75, 3.05) is 0 Å². The van der Waals surface area contributed by atoms with Crippen LogP contribution in [0.15, 0.2) is 0 Å². The third-order valence-corrected chi connectivity index (χ3v) is 2.40. The number of H-pyrrole nitrogens is 1. The molecule has 0 spiro atoms. The van der Waals surface area contributed by atoms with E-state index in [4.69, 9.17) is 5.11 Å². The van der Waals surface area contributed by atoms with Gasteiger partial charge in [0.2, 0.25) is 0 Å². The van der Waals surface area contributed by atoms with Gasteiger partial charge in [-0.25, -0.2) is 0 Å². The molecule has 0 bridgehead atoms. The lowest BCUT2D eigenvalue weighted by Gasteiger charge is -2.00. The van der Waals surface area contributed by atoms with Crippen molar-refractivity contribution in [3.05, 3.63) is 17.0 Å². The number of rotatable bonds is 1. The van der Waals surface area contributed by atoms with Crippen LogP contribution in [-0.2, 0) is 17.6 Å². The third kappa shape index (κ3) is 0.913. The van der Waals surface area contributed by atoms with Gasteiger partial charge in [0, 0.05) is 12.1 Å². The van der Waals surface area contributed by atoms with Gasteiger partial charge in [-0.3, -0.25) is 9.89 Å². The zero-order valence-corrected chi connectivity index (χ0v) is 6.79. The lowest BCUT2D eigenvalue weighted by molar-refractivity contribution is -0.141. The molecule has 12 heavy (non-hydrogen) atoms. The summed E-state index contributed by atoms with van der Waals surface area (Å²) in [6.45, 7) is 1.93. The number of nitrogens with one attached hydrogen (secondary N) is 1. The number of nitrogens with zero attached hydrogens (tertiary/aromatic N) is 1. The fourth-order valence-corrected chi connectivity index (χ4v) is 1.67. The number of aryl methyl sites for hydroxylation is 1. The van der Waals surface area contributed by atoms with E-state index >= 15 is 0 Å². The molecule has 1 atom stereocenters. The van der Waals surface area contributed by atoms with Crippen LogP contribution in [0.25, 0.3) is 0 Å². The molecule has 1 heterocycles. The van der Waals surface area contributed by atoms with Crippen LogP contribution in [0, 0.1) is 12.8 Å². The summed E-state index contributed by atoms with van der Waals surface area (Å²) in [6.07, 6.45) is 1.21. The van der Waals surface area contributed by atoms with Crippen LogP contribution in [0.2, 0.25) is 0 Å². The highest BCUT2D eigenvalue weighted by Crippen LogP contribution is 2.27. The van der Waals surface area contributed by atoms with Crippen molar-refractivity contribution in [1.82, 2.24) is 10.2 Å². The molecule has 0 saturated heterocycles. The molecule has 2 rings (SSSR count). The first-order valence-electron chi connectivity index (χ1n) is 3.94. The SMILES string of the molecule is Cc1[nH]nc2c1CC(C(=O)O)C2. The van der Waals surface area contributed by atoms with Crippen LogP contribution < -0.4 is 0 Å². The first-order valence-corrected chi connectivity index (χ1v) is 3.94. The molecule has 1 aliphatic carbocycles. The van der Waals surface area contributed by atoms with E-state index in [1.807, 2.05) is 6.92 Å². The number of carboxylic acid groups (broad SMARTS) is 1. The Balaban J connectivity index is 2.28. The Morgan fingerprint density at radius 1 is 1.67 bits per heavy atom. The van der Waals surface area contributed by atoms with Gasteiger partial charge in [0.15, 0.2) is 0 Å². The molecule has 0 fully saturated rings. The number of aliphatic carboxylic acids is 1. The zero-order valence-electron chi connectivity index (χ0n) is 6.79. The Kier molecular flexibility index (Phi) is 1.43. The van der Waals surface area contributed by atoms with Crippen LogP contribution in [-0.4, -0.2) is 21.3 Å². The van der Waals surface area contributed by atoms with E-state index < -0.39 is 5.97 Å². The summed E-state index contributed by atoms with van der Waals surface area (Å²) < 4.78 is 0. The van der Waals surface area contributed by atoms with Gasteiger partial charge in [-0.2, -0.15) is 5.10 Å². The summed E-state index contributed by atoms with van der Waals surface area (Å²) in [5.74, 6) is -0.969. The Morgan fingerprint density at radius 3 is 3.00 bits per heavy atom. The lowest BCUT2D eigenvalue weighted by Crippen LogP contribution is -2.13. The molecule has 0 aliphatic heterocycles. The van der Waals surface area contributed by atoms with Crippen molar-refractivity contribution < 1.29 is 9.90 Å². The summed E-state index contributed by atoms with van der Waals surface area (Å²) in [5, 5.41) is 15.7. The molecule has 0 radical (unpaired) electrons. The number of carbonyl (C=O) groups is 1. The first kappa shape index (κ1) is 7.34. The molecule has 0 amide bonds. The third-order valence-electron chi connectivity index (χ3n) is 2.40. The second kappa shape index (κ2) is 2.33. The summed E-state index contributed by atoms with van der Waals surface area (Å²) in [7, 11) is 0. The fraction of sp³-hybridized carbons (Fsp3) is 0.500. The largest absolute Gasteiger partial charge is 0.481 e. The van der Waals surface area contributed by atoms with Crippen LogP contribution in [0.1, 0.15) is 17.0 Å². The topological polar surface area (TPSA) is 66.0 Å². The van der Waals surface area contributed by atoms with Crippen molar-refractivity contribution in [1.29, 1.82) is 0 Å². The molecule has 2 N–H and O–H groups in total. The van der Waals surface area contributed by atoms with Crippen LogP contribution in [0.5, 0.6) is 0 Å². The minimum atomic E-state index is -0.715. The van der Waals surface area contributed by atoms with E-state index in [0.29, 0.717) is 12.8 Å². The van der Waals surface area contributed by atoms with Crippen molar-refractivity contribution >= 4 is 5.97 Å². The highest BCUT2D eigenvalue weighted by molar-refractivity contribution is 5.72. The maximum Gasteiger partial charge on any atom is 0.307 e. The molecule has 64 valence electrons. The van der Waals surface area contributed by atoms with Crippen molar-refractivity contribution in [2.45, 2.75) is 19.8 Å². The Morgan fingerprint density at radius 2 is 2.42 bits per heavy atom. The quantitative estimate of drug-likeness (QED) is 0.639. The number of hydrogen-bond acceptors (Lipinski definition) is 2. The van der Waals surface area contributed by atoms with Crippen molar-refractivity contribution in [2.24, 2.45) is 5.92 Å². The first-order chi connectivity index (χ1) is 5.68. The molecule has 1 aromatic heterocycles. The van der Waals surface area contributed by atoms with Gasteiger partial charge in [0.1, 0.15) is 0 Å². The monoisotopic (exact) mass is 166 g/mol. The van der Waals surface area contributed by atoms with Gasteiger partial charge >= 0.3 is 5.97 Å². The highest BCUT2D eigenvalue weighted by atomic mass is 16.4. The maximum atomic E-state index is 10.6. The molecule has 4 heteroatoms. The lowest BCUT2D eigenvalue weighted by atomic mass is 10.1. The second-order valence-electron chi connectivity index (χ2n) is 3.22. The molecule has 0 aromatic carbocycles. The number of aromatic amines is 1. The van der Waals surface area contributed by atoms with E-state index in [9.17, 15) is 4.79 Å².